The van der Waals surface area contributed by atoms with E-state index in [1.807, 2.05) is 0 Å². The highest BCUT2D eigenvalue weighted by atomic mass is 16.4. The van der Waals surface area contributed by atoms with E-state index >= 15 is 0 Å². The zero-order valence-corrected chi connectivity index (χ0v) is 11.0. The van der Waals surface area contributed by atoms with Gasteiger partial charge in [0.05, 0.1) is 12.5 Å². The van der Waals surface area contributed by atoms with Gasteiger partial charge in [-0.15, -0.1) is 0 Å². The van der Waals surface area contributed by atoms with Gasteiger partial charge in [0.1, 0.15) is 0 Å². The molecule has 0 heterocycles. The fourth-order valence-electron chi connectivity index (χ4n) is 2.59. The number of hydrogen-bond donors (Lipinski definition) is 3. The molecule has 0 saturated heterocycles. The van der Waals surface area contributed by atoms with Crippen molar-refractivity contribution in [1.29, 1.82) is 0 Å². The van der Waals surface area contributed by atoms with Crippen LogP contribution in [0.2, 0.25) is 0 Å². The lowest BCUT2D eigenvalue weighted by Crippen LogP contribution is -2.47. The molecular formula is C13H24N2O3. The molecule has 0 aromatic heterocycles. The van der Waals surface area contributed by atoms with E-state index < -0.39 is 12.0 Å². The maximum Gasteiger partial charge on any atom is 0.305 e. The smallest absolute Gasteiger partial charge is 0.305 e. The lowest BCUT2D eigenvalue weighted by molar-refractivity contribution is -0.139. The Balaban J connectivity index is 2.27. The highest BCUT2D eigenvalue weighted by molar-refractivity contribution is 5.86. The van der Waals surface area contributed by atoms with Crippen molar-refractivity contribution in [2.24, 2.45) is 11.7 Å². The number of rotatable bonds is 6. The van der Waals surface area contributed by atoms with E-state index in [0.717, 1.165) is 31.6 Å². The van der Waals surface area contributed by atoms with Crippen molar-refractivity contribution < 1.29 is 14.7 Å². The Kier molecular flexibility index (Phi) is 6.12. The molecule has 0 radical (unpaired) electrons. The van der Waals surface area contributed by atoms with E-state index in [1.54, 1.807) is 0 Å². The minimum Gasteiger partial charge on any atom is -0.481 e. The van der Waals surface area contributed by atoms with Gasteiger partial charge in [-0.1, -0.05) is 19.8 Å². The largest absolute Gasteiger partial charge is 0.481 e. The average molecular weight is 256 g/mol. The van der Waals surface area contributed by atoms with Gasteiger partial charge in [0.25, 0.3) is 0 Å². The van der Waals surface area contributed by atoms with Gasteiger partial charge in [-0.3, -0.25) is 9.59 Å². The molecule has 0 aliphatic heterocycles. The van der Waals surface area contributed by atoms with Crippen LogP contribution in [0.25, 0.3) is 0 Å². The number of carboxylic acid groups (broad SMARTS) is 1. The van der Waals surface area contributed by atoms with E-state index in [1.165, 1.54) is 12.8 Å². The summed E-state index contributed by atoms with van der Waals surface area (Å²) >= 11 is 0. The van der Waals surface area contributed by atoms with Gasteiger partial charge < -0.3 is 16.2 Å². The predicted molar refractivity (Wildman–Crippen MR) is 69.0 cm³/mol. The van der Waals surface area contributed by atoms with Crippen LogP contribution in [0.4, 0.5) is 0 Å². The molecule has 1 fully saturated rings. The van der Waals surface area contributed by atoms with Crippen LogP contribution in [0, 0.1) is 5.92 Å². The van der Waals surface area contributed by atoms with E-state index in [-0.39, 0.29) is 18.4 Å². The second-order valence-electron chi connectivity index (χ2n) is 5.22. The molecule has 1 saturated carbocycles. The van der Waals surface area contributed by atoms with Crippen molar-refractivity contribution in [3.63, 3.8) is 0 Å². The summed E-state index contributed by atoms with van der Waals surface area (Å²) in [5.41, 5.74) is 5.52. The molecule has 1 aliphatic rings. The van der Waals surface area contributed by atoms with Crippen molar-refractivity contribution in [2.45, 2.75) is 64.0 Å². The molecular weight excluding hydrogens is 232 g/mol. The van der Waals surface area contributed by atoms with Gasteiger partial charge >= 0.3 is 5.97 Å². The summed E-state index contributed by atoms with van der Waals surface area (Å²) in [6.45, 7) is 2.19. The molecule has 4 N–H and O–H groups in total. The molecule has 1 unspecified atom stereocenters. The van der Waals surface area contributed by atoms with Crippen molar-refractivity contribution in [3.05, 3.63) is 0 Å². The van der Waals surface area contributed by atoms with Gasteiger partial charge in [0, 0.05) is 6.04 Å². The number of amides is 1. The Labute approximate surface area is 108 Å². The van der Waals surface area contributed by atoms with E-state index in [9.17, 15) is 9.59 Å². The van der Waals surface area contributed by atoms with E-state index in [0.29, 0.717) is 0 Å². The number of nitrogens with two attached hydrogens (primary N) is 1. The lowest BCUT2D eigenvalue weighted by atomic mass is 9.83. The van der Waals surface area contributed by atoms with Gasteiger partial charge in [0.15, 0.2) is 0 Å². The minimum atomic E-state index is -1.04. The van der Waals surface area contributed by atoms with Crippen LogP contribution in [0.5, 0.6) is 0 Å². The van der Waals surface area contributed by atoms with Gasteiger partial charge in [-0.25, -0.2) is 0 Å². The topological polar surface area (TPSA) is 92.4 Å². The van der Waals surface area contributed by atoms with Crippen molar-refractivity contribution in [3.8, 4) is 0 Å². The zero-order chi connectivity index (χ0) is 13.5. The predicted octanol–water partition coefficient (Wildman–Crippen LogP) is 1.26. The van der Waals surface area contributed by atoms with Crippen LogP contribution in [-0.2, 0) is 9.59 Å². The number of aliphatic carboxylic acids is 1. The summed E-state index contributed by atoms with van der Waals surface area (Å²) in [5, 5.41) is 11.4. The molecule has 0 spiro atoms. The number of carbonyl (C=O) groups is 2. The number of hydrogen-bond acceptors (Lipinski definition) is 3. The van der Waals surface area contributed by atoms with Gasteiger partial charge in [-0.05, 0) is 31.6 Å². The Morgan fingerprint density at radius 2 is 1.94 bits per heavy atom. The first-order chi connectivity index (χ1) is 8.52. The molecule has 18 heavy (non-hydrogen) atoms. The van der Waals surface area contributed by atoms with E-state index in [2.05, 4.69) is 12.2 Å². The number of carbonyl (C=O) groups excluding carboxylic acids is 1. The van der Waals surface area contributed by atoms with Crippen molar-refractivity contribution in [1.82, 2.24) is 5.32 Å². The minimum absolute atomic E-state index is 0.172. The third-order valence-electron chi connectivity index (χ3n) is 3.62. The molecule has 5 heteroatoms. The summed E-state index contributed by atoms with van der Waals surface area (Å²) in [7, 11) is 0. The Bertz CT molecular complexity index is 286. The first-order valence-electron chi connectivity index (χ1n) is 6.80. The van der Waals surface area contributed by atoms with Crippen molar-refractivity contribution >= 4 is 11.9 Å². The third-order valence-corrected chi connectivity index (χ3v) is 3.62. The summed E-state index contributed by atoms with van der Waals surface area (Å²) in [5.74, 6) is -0.587. The normalized spacial score (nSPS) is 25.4. The van der Waals surface area contributed by atoms with Gasteiger partial charge in [0.2, 0.25) is 5.91 Å². The van der Waals surface area contributed by atoms with Crippen molar-refractivity contribution in [2.75, 3.05) is 0 Å². The Morgan fingerprint density at radius 3 is 2.44 bits per heavy atom. The molecule has 1 aliphatic carbocycles. The second kappa shape index (κ2) is 7.36. The molecule has 104 valence electrons. The molecule has 0 bridgehead atoms. The quantitative estimate of drug-likeness (QED) is 0.667. The van der Waals surface area contributed by atoms with E-state index in [4.69, 9.17) is 10.8 Å². The molecule has 0 aromatic rings. The highest BCUT2D eigenvalue weighted by Gasteiger charge is 2.24. The fraction of sp³-hybridized carbons (Fsp3) is 0.846. The molecule has 5 nitrogen and oxygen atoms in total. The molecule has 0 aromatic carbocycles. The van der Waals surface area contributed by atoms with Crippen LogP contribution < -0.4 is 11.1 Å². The van der Waals surface area contributed by atoms with Crippen LogP contribution in [0.3, 0.4) is 0 Å². The lowest BCUT2D eigenvalue weighted by Gasteiger charge is -2.29. The Hall–Kier alpha value is -1.10. The zero-order valence-electron chi connectivity index (χ0n) is 11.0. The van der Waals surface area contributed by atoms with Crippen LogP contribution in [-0.4, -0.2) is 29.1 Å². The average Bonchev–Trinajstić information content (AvgIpc) is 2.31. The summed E-state index contributed by atoms with van der Waals surface area (Å²) in [4.78, 5) is 22.1. The third kappa shape index (κ3) is 5.04. The van der Waals surface area contributed by atoms with Gasteiger partial charge in [-0.2, -0.15) is 0 Å². The monoisotopic (exact) mass is 256 g/mol. The summed E-state index contributed by atoms with van der Waals surface area (Å²) in [6, 6.07) is -0.763. The van der Waals surface area contributed by atoms with Crippen LogP contribution in [0.15, 0.2) is 0 Å². The molecule has 1 atom stereocenters. The first kappa shape index (κ1) is 15.0. The Morgan fingerprint density at radius 1 is 1.33 bits per heavy atom. The highest BCUT2D eigenvalue weighted by Crippen LogP contribution is 2.27. The SMILES string of the molecule is CCCC1CCC(NC(=O)C(N)CC(=O)O)CC1. The number of nitrogens with one attached hydrogen (secondary N) is 1. The molecule has 1 amide bonds. The first-order valence-corrected chi connectivity index (χ1v) is 6.80. The maximum absolute atomic E-state index is 11.7. The summed E-state index contributed by atoms with van der Waals surface area (Å²) in [6.07, 6.45) is 6.42. The molecule has 1 rings (SSSR count). The maximum atomic E-state index is 11.7. The van der Waals surface area contributed by atoms with Crippen LogP contribution >= 0.6 is 0 Å². The standard InChI is InChI=1S/C13H24N2O3/c1-2-3-9-4-6-10(7-5-9)15-13(18)11(14)8-12(16)17/h9-11H,2-8,14H2,1H3,(H,15,18)(H,16,17). The fourth-order valence-corrected chi connectivity index (χ4v) is 2.59. The number of carboxylic acids is 1. The second-order valence-corrected chi connectivity index (χ2v) is 5.22. The summed E-state index contributed by atoms with van der Waals surface area (Å²) < 4.78 is 0. The van der Waals surface area contributed by atoms with Crippen LogP contribution in [0.1, 0.15) is 51.9 Å².